The van der Waals surface area contributed by atoms with Gasteiger partial charge in [0.15, 0.2) is 5.82 Å². The highest BCUT2D eigenvalue weighted by molar-refractivity contribution is 5.97. The standard InChI is InChI=1S/C19H19N5O2/c1-12-15-4-2-13(18(20)25)10-16(15)23-19(22-12)14-3-5-17(21-11-14)24-6-8-26-9-7-24/h2-5,10-11H,6-9H2,1H3,(H2,20,25). The number of nitrogens with two attached hydrogens (primary N) is 1. The molecule has 7 nitrogen and oxygen atoms in total. The number of primary amides is 1. The minimum absolute atomic E-state index is 0.433. The molecule has 26 heavy (non-hydrogen) atoms. The molecule has 1 aromatic carbocycles. The van der Waals surface area contributed by atoms with E-state index in [1.165, 1.54) is 0 Å². The van der Waals surface area contributed by atoms with E-state index in [9.17, 15) is 4.79 Å². The van der Waals surface area contributed by atoms with E-state index in [0.717, 1.165) is 48.8 Å². The Morgan fingerprint density at radius 3 is 2.65 bits per heavy atom. The third kappa shape index (κ3) is 3.09. The molecule has 1 aliphatic rings. The topological polar surface area (TPSA) is 94.2 Å². The van der Waals surface area contributed by atoms with Crippen molar-refractivity contribution in [2.24, 2.45) is 5.73 Å². The van der Waals surface area contributed by atoms with Crippen LogP contribution in [0.1, 0.15) is 16.1 Å². The van der Waals surface area contributed by atoms with E-state index in [2.05, 4.69) is 19.9 Å². The van der Waals surface area contributed by atoms with Crippen LogP contribution < -0.4 is 10.6 Å². The molecule has 0 saturated carbocycles. The van der Waals surface area contributed by atoms with Crippen LogP contribution in [0.5, 0.6) is 0 Å². The zero-order valence-corrected chi connectivity index (χ0v) is 14.5. The summed E-state index contributed by atoms with van der Waals surface area (Å²) < 4.78 is 5.37. The van der Waals surface area contributed by atoms with Gasteiger partial charge in [0.25, 0.3) is 0 Å². The van der Waals surface area contributed by atoms with Crippen molar-refractivity contribution in [3.05, 3.63) is 47.8 Å². The van der Waals surface area contributed by atoms with Crippen molar-refractivity contribution >= 4 is 22.6 Å². The molecule has 2 N–H and O–H groups in total. The van der Waals surface area contributed by atoms with Crippen LogP contribution in [0.2, 0.25) is 0 Å². The number of carbonyl (C=O) groups excluding carboxylic acids is 1. The van der Waals surface area contributed by atoms with Crippen LogP contribution in [0, 0.1) is 6.92 Å². The average Bonchev–Trinajstić information content (AvgIpc) is 2.68. The fourth-order valence-electron chi connectivity index (χ4n) is 3.07. The molecule has 0 radical (unpaired) electrons. The summed E-state index contributed by atoms with van der Waals surface area (Å²) in [5.41, 5.74) is 8.18. The lowest BCUT2D eigenvalue weighted by Gasteiger charge is -2.27. The largest absolute Gasteiger partial charge is 0.378 e. The summed E-state index contributed by atoms with van der Waals surface area (Å²) >= 11 is 0. The Labute approximate surface area is 150 Å². The first-order valence-corrected chi connectivity index (χ1v) is 8.49. The minimum atomic E-state index is -0.471. The Morgan fingerprint density at radius 1 is 1.15 bits per heavy atom. The van der Waals surface area contributed by atoms with Crippen molar-refractivity contribution in [1.29, 1.82) is 0 Å². The summed E-state index contributed by atoms with van der Waals surface area (Å²) in [5.74, 6) is 1.03. The number of fused-ring (bicyclic) bond motifs is 1. The van der Waals surface area contributed by atoms with Gasteiger partial charge >= 0.3 is 0 Å². The van der Waals surface area contributed by atoms with Crippen LogP contribution in [0.25, 0.3) is 22.3 Å². The SMILES string of the molecule is Cc1nc(-c2ccc(N3CCOCC3)nc2)nc2cc(C(N)=O)ccc12. The van der Waals surface area contributed by atoms with Gasteiger partial charge < -0.3 is 15.4 Å². The van der Waals surface area contributed by atoms with Gasteiger partial charge in [-0.2, -0.15) is 0 Å². The van der Waals surface area contributed by atoms with Gasteiger partial charge in [-0.3, -0.25) is 4.79 Å². The summed E-state index contributed by atoms with van der Waals surface area (Å²) in [7, 11) is 0. The molecule has 0 bridgehead atoms. The number of carbonyl (C=O) groups is 1. The summed E-state index contributed by atoms with van der Waals surface area (Å²) in [6.07, 6.45) is 1.78. The Morgan fingerprint density at radius 2 is 1.96 bits per heavy atom. The van der Waals surface area contributed by atoms with Crippen LogP contribution >= 0.6 is 0 Å². The molecule has 4 rings (SSSR count). The van der Waals surface area contributed by atoms with Crippen molar-refractivity contribution in [3.8, 4) is 11.4 Å². The van der Waals surface area contributed by atoms with Gasteiger partial charge in [-0.05, 0) is 31.2 Å². The second-order valence-corrected chi connectivity index (χ2v) is 6.23. The van der Waals surface area contributed by atoms with E-state index in [1.807, 2.05) is 25.1 Å². The van der Waals surface area contributed by atoms with Crippen LogP contribution in [0.3, 0.4) is 0 Å². The van der Waals surface area contributed by atoms with Crippen LogP contribution in [0.4, 0.5) is 5.82 Å². The third-order valence-electron chi connectivity index (χ3n) is 4.51. The van der Waals surface area contributed by atoms with Gasteiger partial charge in [0, 0.05) is 41.5 Å². The van der Waals surface area contributed by atoms with Crippen LogP contribution in [0.15, 0.2) is 36.5 Å². The summed E-state index contributed by atoms with van der Waals surface area (Å²) in [5, 5.41) is 0.900. The number of hydrogen-bond acceptors (Lipinski definition) is 6. The normalized spacial score (nSPS) is 14.6. The molecule has 3 aromatic rings. The van der Waals surface area contributed by atoms with Gasteiger partial charge in [0.2, 0.25) is 5.91 Å². The number of pyridine rings is 1. The highest BCUT2D eigenvalue weighted by Gasteiger charge is 2.14. The fourth-order valence-corrected chi connectivity index (χ4v) is 3.07. The van der Waals surface area contributed by atoms with E-state index in [-0.39, 0.29) is 0 Å². The number of ether oxygens (including phenoxy) is 1. The maximum absolute atomic E-state index is 11.4. The highest BCUT2D eigenvalue weighted by atomic mass is 16.5. The zero-order chi connectivity index (χ0) is 18.1. The number of aryl methyl sites for hydroxylation is 1. The molecule has 0 spiro atoms. The first-order chi connectivity index (χ1) is 12.6. The number of aromatic nitrogens is 3. The Hall–Kier alpha value is -3.06. The predicted octanol–water partition coefficient (Wildman–Crippen LogP) is 1.94. The molecule has 1 saturated heterocycles. The average molecular weight is 349 g/mol. The van der Waals surface area contributed by atoms with Crippen molar-refractivity contribution < 1.29 is 9.53 Å². The van der Waals surface area contributed by atoms with Crippen molar-refractivity contribution in [2.75, 3.05) is 31.2 Å². The molecule has 0 unspecified atom stereocenters. The number of morpholine rings is 1. The second kappa shape index (κ2) is 6.68. The maximum Gasteiger partial charge on any atom is 0.248 e. The van der Waals surface area contributed by atoms with Crippen molar-refractivity contribution in [3.63, 3.8) is 0 Å². The van der Waals surface area contributed by atoms with Gasteiger partial charge in [-0.1, -0.05) is 6.07 Å². The molecular weight excluding hydrogens is 330 g/mol. The molecule has 7 heteroatoms. The number of nitrogens with zero attached hydrogens (tertiary/aromatic N) is 4. The molecule has 3 heterocycles. The van der Waals surface area contributed by atoms with Gasteiger partial charge in [0.05, 0.1) is 18.7 Å². The van der Waals surface area contributed by atoms with Crippen LogP contribution in [-0.2, 0) is 4.74 Å². The predicted molar refractivity (Wildman–Crippen MR) is 99.1 cm³/mol. The van der Waals surface area contributed by atoms with Gasteiger partial charge in [-0.25, -0.2) is 15.0 Å². The highest BCUT2D eigenvalue weighted by Crippen LogP contribution is 2.23. The lowest BCUT2D eigenvalue weighted by molar-refractivity contribution is 0.100. The third-order valence-corrected chi connectivity index (χ3v) is 4.51. The molecule has 0 aliphatic carbocycles. The molecular formula is C19H19N5O2. The Bertz CT molecular complexity index is 966. The smallest absolute Gasteiger partial charge is 0.248 e. The first-order valence-electron chi connectivity index (χ1n) is 8.49. The number of rotatable bonds is 3. The zero-order valence-electron chi connectivity index (χ0n) is 14.5. The lowest BCUT2D eigenvalue weighted by atomic mass is 10.1. The van der Waals surface area contributed by atoms with E-state index in [1.54, 1.807) is 18.3 Å². The number of amides is 1. The first kappa shape index (κ1) is 16.4. The lowest BCUT2D eigenvalue weighted by Crippen LogP contribution is -2.36. The molecule has 1 fully saturated rings. The number of benzene rings is 1. The van der Waals surface area contributed by atoms with Crippen molar-refractivity contribution in [1.82, 2.24) is 15.0 Å². The minimum Gasteiger partial charge on any atom is -0.378 e. The van der Waals surface area contributed by atoms with E-state index >= 15 is 0 Å². The van der Waals surface area contributed by atoms with Crippen molar-refractivity contribution in [2.45, 2.75) is 6.92 Å². The monoisotopic (exact) mass is 349 g/mol. The molecule has 0 atom stereocenters. The fraction of sp³-hybridized carbons (Fsp3) is 0.263. The Kier molecular flexibility index (Phi) is 4.22. The summed E-state index contributed by atoms with van der Waals surface area (Å²) in [4.78, 5) is 27.4. The number of anilines is 1. The Balaban J connectivity index is 1.70. The van der Waals surface area contributed by atoms with Gasteiger partial charge in [0.1, 0.15) is 5.82 Å². The maximum atomic E-state index is 11.4. The van der Waals surface area contributed by atoms with E-state index in [0.29, 0.717) is 16.9 Å². The summed E-state index contributed by atoms with van der Waals surface area (Å²) in [6, 6.07) is 9.17. The van der Waals surface area contributed by atoms with Gasteiger partial charge in [-0.15, -0.1) is 0 Å². The van der Waals surface area contributed by atoms with E-state index in [4.69, 9.17) is 10.5 Å². The summed E-state index contributed by atoms with van der Waals surface area (Å²) in [6.45, 7) is 5.05. The molecule has 132 valence electrons. The second-order valence-electron chi connectivity index (χ2n) is 6.23. The molecule has 1 amide bonds. The molecule has 2 aromatic heterocycles. The van der Waals surface area contributed by atoms with Crippen LogP contribution in [-0.4, -0.2) is 47.2 Å². The van der Waals surface area contributed by atoms with E-state index < -0.39 is 5.91 Å². The number of hydrogen-bond donors (Lipinski definition) is 1. The molecule has 1 aliphatic heterocycles. The quantitative estimate of drug-likeness (QED) is 0.776.